The number of likely N-dealkylation sites (tertiary alicyclic amines) is 1. The van der Waals surface area contributed by atoms with E-state index in [0.29, 0.717) is 5.92 Å². The first-order valence-corrected chi connectivity index (χ1v) is 6.58. The van der Waals surface area contributed by atoms with Gasteiger partial charge in [0.15, 0.2) is 0 Å². The number of nitrogens with one attached hydrogen (secondary N) is 1. The van der Waals surface area contributed by atoms with Crippen LogP contribution in [0.15, 0.2) is 0 Å². The number of carboxylic acids is 1. The van der Waals surface area contributed by atoms with Crippen molar-refractivity contribution in [1.82, 2.24) is 10.2 Å². The SMILES string of the molecule is CC(=O)NC1CC(CC(=O)O)CN(CC(C)C)C1. The van der Waals surface area contributed by atoms with Crippen molar-refractivity contribution in [2.24, 2.45) is 11.8 Å². The van der Waals surface area contributed by atoms with Crippen LogP contribution in [0.4, 0.5) is 0 Å². The number of carbonyl (C=O) groups excluding carboxylic acids is 1. The number of amides is 1. The van der Waals surface area contributed by atoms with Crippen LogP contribution in [0, 0.1) is 11.8 Å². The van der Waals surface area contributed by atoms with Crippen molar-refractivity contribution in [3.63, 3.8) is 0 Å². The molecule has 1 fully saturated rings. The molecule has 1 saturated heterocycles. The number of nitrogens with zero attached hydrogens (tertiary/aromatic N) is 1. The molecular formula is C13H24N2O3. The molecular weight excluding hydrogens is 232 g/mol. The van der Waals surface area contributed by atoms with Gasteiger partial charge in [0, 0.05) is 39.0 Å². The Morgan fingerprint density at radius 1 is 1.39 bits per heavy atom. The van der Waals surface area contributed by atoms with E-state index in [2.05, 4.69) is 24.1 Å². The number of carbonyl (C=O) groups is 2. The first-order valence-electron chi connectivity index (χ1n) is 6.58. The van der Waals surface area contributed by atoms with Gasteiger partial charge < -0.3 is 15.3 Å². The fourth-order valence-electron chi connectivity index (χ4n) is 2.76. The highest BCUT2D eigenvalue weighted by Gasteiger charge is 2.29. The average molecular weight is 256 g/mol. The third-order valence-corrected chi connectivity index (χ3v) is 3.11. The minimum Gasteiger partial charge on any atom is -0.481 e. The second kappa shape index (κ2) is 6.73. The Hall–Kier alpha value is -1.10. The summed E-state index contributed by atoms with van der Waals surface area (Å²) in [5.74, 6) is -0.119. The highest BCUT2D eigenvalue weighted by molar-refractivity contribution is 5.73. The van der Waals surface area contributed by atoms with E-state index in [1.807, 2.05) is 0 Å². The van der Waals surface area contributed by atoms with Crippen LogP contribution in [0.5, 0.6) is 0 Å². The molecule has 0 saturated carbocycles. The van der Waals surface area contributed by atoms with Crippen molar-refractivity contribution in [1.29, 1.82) is 0 Å². The summed E-state index contributed by atoms with van der Waals surface area (Å²) in [6.45, 7) is 8.40. The molecule has 2 N–H and O–H groups in total. The molecule has 0 spiro atoms. The van der Waals surface area contributed by atoms with Crippen LogP contribution in [0.2, 0.25) is 0 Å². The lowest BCUT2D eigenvalue weighted by molar-refractivity contribution is -0.138. The summed E-state index contributed by atoms with van der Waals surface area (Å²) >= 11 is 0. The third kappa shape index (κ3) is 5.49. The van der Waals surface area contributed by atoms with Crippen molar-refractivity contribution in [3.05, 3.63) is 0 Å². The van der Waals surface area contributed by atoms with Crippen molar-refractivity contribution >= 4 is 11.9 Å². The Balaban J connectivity index is 2.59. The molecule has 1 amide bonds. The third-order valence-electron chi connectivity index (χ3n) is 3.11. The maximum absolute atomic E-state index is 11.1. The predicted molar refractivity (Wildman–Crippen MR) is 69.2 cm³/mol. The van der Waals surface area contributed by atoms with Crippen molar-refractivity contribution < 1.29 is 14.7 Å². The Kier molecular flexibility index (Phi) is 5.59. The zero-order valence-corrected chi connectivity index (χ0v) is 11.5. The lowest BCUT2D eigenvalue weighted by atomic mass is 9.91. The van der Waals surface area contributed by atoms with Crippen LogP contribution in [0.25, 0.3) is 0 Å². The number of piperidine rings is 1. The van der Waals surface area contributed by atoms with Crippen LogP contribution in [0.3, 0.4) is 0 Å². The van der Waals surface area contributed by atoms with E-state index in [-0.39, 0.29) is 24.3 Å². The summed E-state index contributed by atoms with van der Waals surface area (Å²) in [5.41, 5.74) is 0. The van der Waals surface area contributed by atoms with Gasteiger partial charge in [-0.2, -0.15) is 0 Å². The molecule has 0 aliphatic carbocycles. The van der Waals surface area contributed by atoms with Gasteiger partial charge in [0.25, 0.3) is 0 Å². The van der Waals surface area contributed by atoms with Crippen LogP contribution in [0.1, 0.15) is 33.6 Å². The van der Waals surface area contributed by atoms with E-state index in [9.17, 15) is 9.59 Å². The second-order valence-corrected chi connectivity index (χ2v) is 5.71. The van der Waals surface area contributed by atoms with Crippen LogP contribution >= 0.6 is 0 Å². The maximum Gasteiger partial charge on any atom is 0.303 e. The van der Waals surface area contributed by atoms with Gasteiger partial charge >= 0.3 is 5.97 Å². The number of hydrogen-bond donors (Lipinski definition) is 2. The van der Waals surface area contributed by atoms with Crippen molar-refractivity contribution in [2.45, 2.75) is 39.7 Å². The maximum atomic E-state index is 11.1. The number of carboxylic acid groups (broad SMARTS) is 1. The molecule has 0 aromatic rings. The van der Waals surface area contributed by atoms with E-state index < -0.39 is 5.97 Å². The van der Waals surface area contributed by atoms with E-state index in [1.54, 1.807) is 0 Å². The molecule has 18 heavy (non-hydrogen) atoms. The minimum absolute atomic E-state index is 0.0412. The number of rotatable bonds is 5. The molecule has 5 heteroatoms. The molecule has 2 atom stereocenters. The van der Waals surface area contributed by atoms with Crippen molar-refractivity contribution in [2.75, 3.05) is 19.6 Å². The smallest absolute Gasteiger partial charge is 0.303 e. The largest absolute Gasteiger partial charge is 0.481 e. The molecule has 0 radical (unpaired) electrons. The molecule has 5 nitrogen and oxygen atoms in total. The van der Waals surface area contributed by atoms with Gasteiger partial charge in [0.2, 0.25) is 5.91 Å². The minimum atomic E-state index is -0.757. The van der Waals surface area contributed by atoms with Gasteiger partial charge in [0.05, 0.1) is 0 Å². The van der Waals surface area contributed by atoms with E-state index >= 15 is 0 Å². The van der Waals surface area contributed by atoms with Gasteiger partial charge in [-0.15, -0.1) is 0 Å². The Morgan fingerprint density at radius 2 is 2.06 bits per heavy atom. The van der Waals surface area contributed by atoms with E-state index in [1.165, 1.54) is 6.92 Å². The molecule has 1 rings (SSSR count). The van der Waals surface area contributed by atoms with Gasteiger partial charge in [-0.05, 0) is 18.3 Å². The first kappa shape index (κ1) is 15.0. The highest BCUT2D eigenvalue weighted by atomic mass is 16.4. The number of aliphatic carboxylic acids is 1. The Morgan fingerprint density at radius 3 is 2.56 bits per heavy atom. The van der Waals surface area contributed by atoms with Gasteiger partial charge in [0.1, 0.15) is 0 Å². The topological polar surface area (TPSA) is 69.6 Å². The lowest BCUT2D eigenvalue weighted by Gasteiger charge is -2.38. The Bertz CT molecular complexity index is 281. The van der Waals surface area contributed by atoms with Gasteiger partial charge in [-0.3, -0.25) is 9.59 Å². The standard InChI is InChI=1S/C13H24N2O3/c1-9(2)6-15-7-11(5-13(17)18)4-12(8-15)14-10(3)16/h9,11-12H,4-8H2,1-3H3,(H,14,16)(H,17,18). The van der Waals surface area contributed by atoms with Crippen LogP contribution in [-0.2, 0) is 9.59 Å². The first-order chi connectivity index (χ1) is 8.36. The van der Waals surface area contributed by atoms with E-state index in [0.717, 1.165) is 26.1 Å². The second-order valence-electron chi connectivity index (χ2n) is 5.71. The summed E-state index contributed by atoms with van der Waals surface area (Å²) in [6.07, 6.45) is 0.950. The lowest BCUT2D eigenvalue weighted by Crippen LogP contribution is -2.51. The summed E-state index contributed by atoms with van der Waals surface area (Å²) in [7, 11) is 0. The quantitative estimate of drug-likeness (QED) is 0.768. The van der Waals surface area contributed by atoms with E-state index in [4.69, 9.17) is 5.11 Å². The molecule has 1 aliphatic rings. The molecule has 0 aromatic heterocycles. The zero-order valence-electron chi connectivity index (χ0n) is 11.5. The molecule has 1 aliphatic heterocycles. The summed E-state index contributed by atoms with van der Waals surface area (Å²) < 4.78 is 0. The van der Waals surface area contributed by atoms with Crippen LogP contribution < -0.4 is 5.32 Å². The summed E-state index contributed by atoms with van der Waals surface area (Å²) in [4.78, 5) is 24.2. The predicted octanol–water partition coefficient (Wildman–Crippen LogP) is 0.944. The fraction of sp³-hybridized carbons (Fsp3) is 0.846. The Labute approximate surface area is 109 Å². The fourth-order valence-corrected chi connectivity index (χ4v) is 2.76. The highest BCUT2D eigenvalue weighted by Crippen LogP contribution is 2.21. The zero-order chi connectivity index (χ0) is 13.7. The summed E-state index contributed by atoms with van der Waals surface area (Å²) in [5, 5.41) is 11.8. The molecule has 2 unspecified atom stereocenters. The van der Waals surface area contributed by atoms with Crippen molar-refractivity contribution in [3.8, 4) is 0 Å². The van der Waals surface area contributed by atoms with Gasteiger partial charge in [-0.25, -0.2) is 0 Å². The van der Waals surface area contributed by atoms with Gasteiger partial charge in [-0.1, -0.05) is 13.8 Å². The average Bonchev–Trinajstić information content (AvgIpc) is 2.12. The normalized spacial score (nSPS) is 25.1. The molecule has 104 valence electrons. The molecule has 0 aromatic carbocycles. The molecule has 1 heterocycles. The van der Waals surface area contributed by atoms with Crippen LogP contribution in [-0.4, -0.2) is 47.6 Å². The summed E-state index contributed by atoms with van der Waals surface area (Å²) in [6, 6.07) is 0.0827. The number of hydrogen-bond acceptors (Lipinski definition) is 3. The monoisotopic (exact) mass is 256 g/mol. The molecule has 0 bridgehead atoms.